The molecule has 3 aromatic rings. The van der Waals surface area contributed by atoms with Crippen molar-refractivity contribution in [2.24, 2.45) is 0 Å². The van der Waals surface area contributed by atoms with Gasteiger partial charge in [0.25, 0.3) is 0 Å². The molecule has 0 atom stereocenters. The Bertz CT molecular complexity index is 743. The third-order valence-corrected chi connectivity index (χ3v) is 3.69. The number of phenols is 1. The Morgan fingerprint density at radius 1 is 1.32 bits per heavy atom. The van der Waals surface area contributed by atoms with Gasteiger partial charge in [-0.1, -0.05) is 12.1 Å². The van der Waals surface area contributed by atoms with Crippen LogP contribution in [0.5, 0.6) is 5.75 Å². The number of fused-ring (bicyclic) bond motifs is 1. The first kappa shape index (κ1) is 12.2. The van der Waals surface area contributed by atoms with E-state index in [0.717, 1.165) is 11.1 Å². The van der Waals surface area contributed by atoms with Gasteiger partial charge in [-0.3, -0.25) is 0 Å². The fourth-order valence-electron chi connectivity index (χ4n) is 2.01. The van der Waals surface area contributed by atoms with Gasteiger partial charge in [0, 0.05) is 17.2 Å². The first-order valence-corrected chi connectivity index (χ1v) is 6.49. The average Bonchev–Trinajstić information content (AvgIpc) is 2.76. The van der Waals surface area contributed by atoms with Gasteiger partial charge in [-0.25, -0.2) is 9.37 Å². The molecule has 19 heavy (non-hydrogen) atoms. The van der Waals surface area contributed by atoms with E-state index in [-0.39, 0.29) is 11.6 Å². The van der Waals surface area contributed by atoms with Crippen LogP contribution in [0.25, 0.3) is 22.4 Å². The molecule has 0 fully saturated rings. The molecule has 0 bridgehead atoms. The van der Waals surface area contributed by atoms with Crippen molar-refractivity contribution in [1.82, 2.24) is 9.97 Å². The number of nitrogens with one attached hydrogen (secondary N) is 1. The predicted octanol–water partition coefficient (Wildman–Crippen LogP) is 4.15. The molecule has 1 heterocycles. The molecule has 5 heteroatoms. The van der Waals surface area contributed by atoms with Crippen LogP contribution in [0.15, 0.2) is 34.8 Å². The molecule has 0 unspecified atom stereocenters. The Balaban J connectivity index is 2.23. The molecule has 1 aromatic heterocycles. The Morgan fingerprint density at radius 2 is 2.11 bits per heavy atom. The monoisotopic (exact) mass is 320 g/mol. The molecule has 3 nitrogen and oxygen atoms in total. The molecule has 3 rings (SSSR count). The lowest BCUT2D eigenvalue weighted by Gasteiger charge is -2.03. The first-order valence-electron chi connectivity index (χ1n) is 5.70. The number of imidazole rings is 1. The van der Waals surface area contributed by atoms with E-state index in [1.54, 1.807) is 18.2 Å². The second-order valence-corrected chi connectivity index (χ2v) is 5.17. The highest BCUT2D eigenvalue weighted by atomic mass is 79.9. The smallest absolute Gasteiger partial charge is 0.139 e. The third-order valence-electron chi connectivity index (χ3n) is 3.08. The Morgan fingerprint density at radius 3 is 2.89 bits per heavy atom. The number of rotatable bonds is 1. The molecular formula is C14H10BrFN2O. The minimum Gasteiger partial charge on any atom is -0.508 e. The van der Waals surface area contributed by atoms with Gasteiger partial charge in [-0.15, -0.1) is 0 Å². The van der Waals surface area contributed by atoms with Crippen LogP contribution in [0.3, 0.4) is 0 Å². The largest absolute Gasteiger partial charge is 0.508 e. The molecule has 96 valence electrons. The number of hydrogen-bond donors (Lipinski definition) is 2. The summed E-state index contributed by atoms with van der Waals surface area (Å²) >= 11 is 3.14. The van der Waals surface area contributed by atoms with Crippen molar-refractivity contribution >= 4 is 27.0 Å². The summed E-state index contributed by atoms with van der Waals surface area (Å²) in [5.41, 5.74) is 2.83. The van der Waals surface area contributed by atoms with E-state index in [4.69, 9.17) is 0 Å². The lowest BCUT2D eigenvalue weighted by molar-refractivity contribution is 0.471. The number of nitrogens with zero attached hydrogens (tertiary/aromatic N) is 1. The Kier molecular flexibility index (Phi) is 2.78. The van der Waals surface area contributed by atoms with E-state index in [1.807, 2.05) is 13.0 Å². The number of benzene rings is 2. The summed E-state index contributed by atoms with van der Waals surface area (Å²) in [5.74, 6) is 0.488. The van der Waals surface area contributed by atoms with Crippen LogP contribution in [0.1, 0.15) is 5.56 Å². The molecule has 0 aliphatic carbocycles. The van der Waals surface area contributed by atoms with Crippen LogP contribution in [-0.4, -0.2) is 15.1 Å². The molecule has 0 aliphatic heterocycles. The zero-order valence-corrected chi connectivity index (χ0v) is 11.6. The van der Waals surface area contributed by atoms with Gasteiger partial charge in [0.15, 0.2) is 0 Å². The summed E-state index contributed by atoms with van der Waals surface area (Å²) in [7, 11) is 0. The second-order valence-electron chi connectivity index (χ2n) is 4.32. The lowest BCUT2D eigenvalue weighted by Crippen LogP contribution is -1.85. The molecule has 2 aromatic carbocycles. The number of aromatic hydroxyl groups is 1. The minimum atomic E-state index is -0.338. The molecule has 0 amide bonds. The molecule has 0 spiro atoms. The first-order chi connectivity index (χ1) is 9.06. The topological polar surface area (TPSA) is 48.9 Å². The number of halogens is 2. The highest BCUT2D eigenvalue weighted by Gasteiger charge is 2.11. The fourth-order valence-corrected chi connectivity index (χ4v) is 2.34. The number of phenolic OH excluding ortho intramolecular Hbond substituents is 1. The van der Waals surface area contributed by atoms with Gasteiger partial charge in [-0.2, -0.15) is 0 Å². The van der Waals surface area contributed by atoms with Crippen molar-refractivity contribution in [1.29, 1.82) is 0 Å². The van der Waals surface area contributed by atoms with Gasteiger partial charge >= 0.3 is 0 Å². The summed E-state index contributed by atoms with van der Waals surface area (Å²) in [6, 6.07) is 8.26. The normalized spacial score (nSPS) is 11.1. The van der Waals surface area contributed by atoms with Gasteiger partial charge in [0.1, 0.15) is 17.4 Å². The van der Waals surface area contributed by atoms with Crippen LogP contribution in [0.2, 0.25) is 0 Å². The third kappa shape index (κ3) is 2.00. The average molecular weight is 321 g/mol. The van der Waals surface area contributed by atoms with E-state index < -0.39 is 0 Å². The van der Waals surface area contributed by atoms with Crippen LogP contribution >= 0.6 is 15.9 Å². The van der Waals surface area contributed by atoms with Crippen molar-refractivity contribution in [3.63, 3.8) is 0 Å². The number of H-pyrrole nitrogens is 1. The van der Waals surface area contributed by atoms with Crippen LogP contribution in [0, 0.1) is 12.7 Å². The van der Waals surface area contributed by atoms with Crippen molar-refractivity contribution < 1.29 is 9.50 Å². The van der Waals surface area contributed by atoms with Crippen LogP contribution in [-0.2, 0) is 0 Å². The van der Waals surface area contributed by atoms with Crippen molar-refractivity contribution in [2.45, 2.75) is 6.92 Å². The Hall–Kier alpha value is -1.88. The maximum absolute atomic E-state index is 13.5. The van der Waals surface area contributed by atoms with Crippen molar-refractivity contribution in [3.05, 3.63) is 46.2 Å². The number of aromatic amines is 1. The summed E-state index contributed by atoms with van der Waals surface area (Å²) in [6.45, 7) is 1.81. The van der Waals surface area contributed by atoms with Gasteiger partial charge in [0.2, 0.25) is 0 Å². The standard InChI is InChI=1S/C14H10BrFN2O/c1-7-8(3-2-4-13(7)19)14-17-11-5-9(15)10(16)6-12(11)18-14/h2-6,19H,1H3,(H,17,18). The molecule has 2 N–H and O–H groups in total. The van der Waals surface area contributed by atoms with Gasteiger partial charge < -0.3 is 10.1 Å². The van der Waals surface area contributed by atoms with E-state index in [9.17, 15) is 9.50 Å². The van der Waals surface area contributed by atoms with Gasteiger partial charge in [-0.05, 0) is 35.0 Å². The van der Waals surface area contributed by atoms with E-state index in [2.05, 4.69) is 25.9 Å². The van der Waals surface area contributed by atoms with Gasteiger partial charge in [0.05, 0.1) is 15.5 Å². The predicted molar refractivity (Wildman–Crippen MR) is 75.6 cm³/mol. The maximum Gasteiger partial charge on any atom is 0.139 e. The summed E-state index contributed by atoms with van der Waals surface area (Å²) in [6.07, 6.45) is 0. The second kappa shape index (κ2) is 4.35. The summed E-state index contributed by atoms with van der Waals surface area (Å²) in [4.78, 5) is 7.49. The minimum absolute atomic E-state index is 0.213. The lowest BCUT2D eigenvalue weighted by atomic mass is 10.1. The zero-order chi connectivity index (χ0) is 13.6. The molecule has 0 aliphatic rings. The number of aromatic nitrogens is 2. The highest BCUT2D eigenvalue weighted by molar-refractivity contribution is 9.10. The van der Waals surface area contributed by atoms with Crippen molar-refractivity contribution in [3.8, 4) is 17.1 Å². The maximum atomic E-state index is 13.5. The zero-order valence-electron chi connectivity index (χ0n) is 10.0. The fraction of sp³-hybridized carbons (Fsp3) is 0.0714. The molecular weight excluding hydrogens is 311 g/mol. The van der Waals surface area contributed by atoms with E-state index >= 15 is 0 Å². The summed E-state index contributed by atoms with van der Waals surface area (Å²) < 4.78 is 13.8. The molecule has 0 saturated carbocycles. The molecule has 0 radical (unpaired) electrons. The van der Waals surface area contributed by atoms with Crippen LogP contribution in [0.4, 0.5) is 4.39 Å². The Labute approximate surface area is 117 Å². The van der Waals surface area contributed by atoms with E-state index in [1.165, 1.54) is 6.07 Å². The SMILES string of the molecule is Cc1c(O)cccc1-c1nc2cc(Br)c(F)cc2[nH]1. The number of hydrogen-bond acceptors (Lipinski definition) is 2. The van der Waals surface area contributed by atoms with Crippen molar-refractivity contribution in [2.75, 3.05) is 0 Å². The van der Waals surface area contributed by atoms with E-state index in [0.29, 0.717) is 21.3 Å². The van der Waals surface area contributed by atoms with Crippen LogP contribution < -0.4 is 0 Å². The molecule has 0 saturated heterocycles. The summed E-state index contributed by atoms with van der Waals surface area (Å²) in [5, 5.41) is 9.72. The quantitative estimate of drug-likeness (QED) is 0.707. The highest BCUT2D eigenvalue weighted by Crippen LogP contribution is 2.30.